The van der Waals surface area contributed by atoms with E-state index in [2.05, 4.69) is 38.5 Å². The van der Waals surface area contributed by atoms with Crippen molar-refractivity contribution in [2.75, 3.05) is 0 Å². The molecule has 124 valence electrons. The van der Waals surface area contributed by atoms with Crippen LogP contribution in [0.25, 0.3) is 0 Å². The van der Waals surface area contributed by atoms with Gasteiger partial charge < -0.3 is 4.74 Å². The van der Waals surface area contributed by atoms with Gasteiger partial charge in [-0.1, -0.05) is 28.4 Å². The summed E-state index contributed by atoms with van der Waals surface area (Å²) in [6, 6.07) is 6.41. The summed E-state index contributed by atoms with van der Waals surface area (Å²) >= 11 is 3.57. The Hall–Kier alpha value is -0.590. The Labute approximate surface area is 149 Å². The summed E-state index contributed by atoms with van der Waals surface area (Å²) in [5.74, 6) is 0.273. The summed E-state index contributed by atoms with van der Waals surface area (Å²) in [5.41, 5.74) is 2.11. The van der Waals surface area contributed by atoms with Crippen LogP contribution in [0.2, 0.25) is 0 Å². The maximum atomic E-state index is 11.4. The van der Waals surface area contributed by atoms with Gasteiger partial charge in [-0.3, -0.25) is 0 Å². The normalized spacial score (nSPS) is 34.4. The van der Waals surface area contributed by atoms with Crippen LogP contribution in [0, 0.1) is 0 Å². The Balaban J connectivity index is 1.90. The van der Waals surface area contributed by atoms with Crippen molar-refractivity contribution >= 4 is 41.7 Å². The molecule has 4 nitrogen and oxygen atoms in total. The highest BCUT2D eigenvalue weighted by Crippen LogP contribution is 2.60. The Morgan fingerprint density at radius 2 is 2.00 bits per heavy atom. The van der Waals surface area contributed by atoms with Gasteiger partial charge in [0.25, 0.3) is 0 Å². The van der Waals surface area contributed by atoms with E-state index in [0.717, 1.165) is 43.0 Å². The molecule has 1 aromatic carbocycles. The number of halogens is 2. The van der Waals surface area contributed by atoms with Crippen molar-refractivity contribution in [3.8, 4) is 0 Å². The molecule has 0 radical (unpaired) electrons. The fraction of sp³-hybridized carbons (Fsp3) is 0.562. The van der Waals surface area contributed by atoms with Crippen molar-refractivity contribution in [3.05, 3.63) is 33.8 Å². The number of nitrogens with zero attached hydrogens (tertiary/aromatic N) is 1. The van der Waals surface area contributed by atoms with E-state index in [1.165, 1.54) is 11.1 Å². The van der Waals surface area contributed by atoms with Crippen LogP contribution in [0.4, 0.5) is 0 Å². The zero-order valence-corrected chi connectivity index (χ0v) is 15.7. The molecule has 3 aliphatic rings. The highest BCUT2D eigenvalue weighted by molar-refractivity contribution is 9.10. The first kappa shape index (κ1) is 15.9. The molecule has 1 aliphatic heterocycles. The number of hydrogen-bond acceptors (Lipinski definition) is 3. The van der Waals surface area contributed by atoms with Gasteiger partial charge in [0, 0.05) is 27.0 Å². The molecule has 2 atom stereocenters. The van der Waals surface area contributed by atoms with E-state index in [0.29, 0.717) is 6.42 Å². The van der Waals surface area contributed by atoms with Gasteiger partial charge in [0.1, 0.15) is 5.60 Å². The van der Waals surface area contributed by atoms with Crippen LogP contribution in [0.15, 0.2) is 27.1 Å². The summed E-state index contributed by atoms with van der Waals surface area (Å²) < 4.78 is 33.7. The molecule has 7 heteroatoms. The standard InChI is InChI=1S/C16H17BrClNO3S/c17-12-4-3-11-5-8-16-7-2-1-6-15(16,13(11)9-12)10-14(22-16)19-23(18,20)21/h3-4,9H,1-2,5-8,10H2. The van der Waals surface area contributed by atoms with E-state index in [9.17, 15) is 8.42 Å². The lowest BCUT2D eigenvalue weighted by Gasteiger charge is -2.51. The van der Waals surface area contributed by atoms with Crippen molar-refractivity contribution in [3.63, 3.8) is 0 Å². The molecule has 1 saturated heterocycles. The average molecular weight is 419 g/mol. The first-order valence-electron chi connectivity index (χ1n) is 7.85. The molecule has 1 aromatic rings. The Kier molecular flexibility index (Phi) is 3.60. The predicted octanol–water partition coefficient (Wildman–Crippen LogP) is 4.25. The van der Waals surface area contributed by atoms with Crippen molar-refractivity contribution < 1.29 is 13.2 Å². The smallest absolute Gasteiger partial charge is 0.342 e. The Morgan fingerprint density at radius 3 is 2.78 bits per heavy atom. The maximum absolute atomic E-state index is 11.4. The second-order valence-electron chi connectivity index (χ2n) is 6.76. The lowest BCUT2D eigenvalue weighted by atomic mass is 9.54. The highest BCUT2D eigenvalue weighted by Gasteiger charge is 2.63. The Bertz CT molecular complexity index is 810. The molecule has 2 unspecified atom stereocenters. The van der Waals surface area contributed by atoms with Gasteiger partial charge >= 0.3 is 9.24 Å². The van der Waals surface area contributed by atoms with Crippen LogP contribution in [-0.2, 0) is 25.8 Å². The zero-order chi connectivity index (χ0) is 16.3. The maximum Gasteiger partial charge on any atom is 0.342 e. The molecule has 1 heterocycles. The third-order valence-corrected chi connectivity index (χ3v) is 6.79. The molecule has 0 N–H and O–H groups in total. The minimum Gasteiger partial charge on any atom is -0.473 e. The van der Waals surface area contributed by atoms with Crippen LogP contribution >= 0.6 is 26.6 Å². The topological polar surface area (TPSA) is 55.7 Å². The average Bonchev–Trinajstić information content (AvgIpc) is 2.79. The number of fused-ring (bicyclic) bond motifs is 1. The van der Waals surface area contributed by atoms with Crippen LogP contribution in [-0.4, -0.2) is 19.9 Å². The SMILES string of the molecule is O=S(=O)(Cl)N=C1CC23CCCCC2(CCc2ccc(Br)cc23)O1. The molecular formula is C16H17BrClNO3S. The number of benzene rings is 1. The third-order valence-electron chi connectivity index (χ3n) is 5.67. The molecule has 1 saturated carbocycles. The van der Waals surface area contributed by atoms with E-state index in [1.807, 2.05) is 0 Å². The van der Waals surface area contributed by atoms with Gasteiger partial charge in [0.2, 0.25) is 5.90 Å². The quantitative estimate of drug-likeness (QED) is 0.641. The fourth-order valence-corrected chi connectivity index (χ4v) is 5.77. The van der Waals surface area contributed by atoms with Gasteiger partial charge in [-0.15, -0.1) is 4.40 Å². The van der Waals surface area contributed by atoms with Gasteiger partial charge in [-0.2, -0.15) is 8.42 Å². The second kappa shape index (κ2) is 5.20. The zero-order valence-electron chi connectivity index (χ0n) is 12.5. The number of rotatable bonds is 1. The largest absolute Gasteiger partial charge is 0.473 e. The van der Waals surface area contributed by atoms with Gasteiger partial charge in [0.05, 0.1) is 0 Å². The van der Waals surface area contributed by atoms with E-state index < -0.39 is 9.24 Å². The lowest BCUT2D eigenvalue weighted by molar-refractivity contribution is -0.0324. The van der Waals surface area contributed by atoms with Gasteiger partial charge in [0.15, 0.2) is 0 Å². The predicted molar refractivity (Wildman–Crippen MR) is 93.2 cm³/mol. The van der Waals surface area contributed by atoms with Crippen LogP contribution < -0.4 is 0 Å². The van der Waals surface area contributed by atoms with E-state index in [1.54, 1.807) is 0 Å². The van der Waals surface area contributed by atoms with Gasteiger partial charge in [-0.25, -0.2) is 0 Å². The van der Waals surface area contributed by atoms with E-state index >= 15 is 0 Å². The molecule has 0 aromatic heterocycles. The summed E-state index contributed by atoms with van der Waals surface area (Å²) in [5, 5.41) is 0. The highest BCUT2D eigenvalue weighted by atomic mass is 79.9. The third kappa shape index (κ3) is 2.45. The number of hydrogen-bond donors (Lipinski definition) is 0. The van der Waals surface area contributed by atoms with Crippen LogP contribution in [0.5, 0.6) is 0 Å². The molecule has 0 amide bonds. The van der Waals surface area contributed by atoms with E-state index in [4.69, 9.17) is 15.4 Å². The van der Waals surface area contributed by atoms with Crippen molar-refractivity contribution in [2.24, 2.45) is 4.40 Å². The lowest BCUT2D eigenvalue weighted by Crippen LogP contribution is -2.53. The number of ether oxygens (including phenoxy) is 1. The molecule has 0 spiro atoms. The van der Waals surface area contributed by atoms with E-state index in [-0.39, 0.29) is 16.9 Å². The van der Waals surface area contributed by atoms with Gasteiger partial charge in [-0.05, 0) is 55.4 Å². The molecule has 0 bridgehead atoms. The Morgan fingerprint density at radius 1 is 1.22 bits per heavy atom. The minimum absolute atomic E-state index is 0.178. The first-order valence-corrected chi connectivity index (χ1v) is 10.9. The summed E-state index contributed by atoms with van der Waals surface area (Å²) in [4.78, 5) is 0. The summed E-state index contributed by atoms with van der Waals surface area (Å²) in [6.07, 6.45) is 6.54. The first-order chi connectivity index (χ1) is 10.8. The monoisotopic (exact) mass is 417 g/mol. The number of aryl methyl sites for hydroxylation is 1. The minimum atomic E-state index is -3.96. The fourth-order valence-electron chi connectivity index (χ4n) is 4.83. The van der Waals surface area contributed by atoms with Crippen molar-refractivity contribution in [1.82, 2.24) is 0 Å². The van der Waals surface area contributed by atoms with Crippen molar-refractivity contribution in [1.29, 1.82) is 0 Å². The summed E-state index contributed by atoms with van der Waals surface area (Å²) in [7, 11) is 1.37. The molecule has 2 aliphatic carbocycles. The van der Waals surface area contributed by atoms with Crippen LogP contribution in [0.3, 0.4) is 0 Å². The second-order valence-corrected chi connectivity index (χ2v) is 9.85. The van der Waals surface area contributed by atoms with Crippen molar-refractivity contribution in [2.45, 2.75) is 56.0 Å². The summed E-state index contributed by atoms with van der Waals surface area (Å²) in [6.45, 7) is 0. The molecular weight excluding hydrogens is 402 g/mol. The molecule has 4 rings (SSSR count). The molecule has 2 fully saturated rings. The molecule has 23 heavy (non-hydrogen) atoms. The van der Waals surface area contributed by atoms with Crippen LogP contribution in [0.1, 0.15) is 49.7 Å².